The van der Waals surface area contributed by atoms with Crippen LogP contribution in [0.5, 0.6) is 0 Å². The minimum absolute atomic E-state index is 0.0633. The second-order valence-electron chi connectivity index (χ2n) is 3.13. The van der Waals surface area contributed by atoms with Crippen LogP contribution in [0.1, 0.15) is 12.6 Å². The lowest BCUT2D eigenvalue weighted by Crippen LogP contribution is -2.39. The topological polar surface area (TPSA) is 98.0 Å². The molecule has 0 saturated carbocycles. The predicted molar refractivity (Wildman–Crippen MR) is 64.0 cm³/mol. The van der Waals surface area contributed by atoms with E-state index in [1.54, 1.807) is 12.1 Å². The van der Waals surface area contributed by atoms with Gasteiger partial charge in [0.15, 0.2) is 0 Å². The van der Waals surface area contributed by atoms with Crippen molar-refractivity contribution < 1.29 is 8.42 Å². The molecule has 1 aromatic heterocycles. The molecule has 6 nitrogen and oxygen atoms in total. The van der Waals surface area contributed by atoms with Gasteiger partial charge in [-0.15, -0.1) is 0 Å². The molecule has 0 aliphatic heterocycles. The molecule has 8 heteroatoms. The van der Waals surface area contributed by atoms with Crippen LogP contribution >= 0.6 is 12.2 Å². The van der Waals surface area contributed by atoms with Crippen molar-refractivity contribution in [3.63, 3.8) is 0 Å². The molecule has 0 spiro atoms. The molecule has 88 valence electrons. The van der Waals surface area contributed by atoms with Gasteiger partial charge in [0.05, 0.1) is 17.2 Å². The van der Waals surface area contributed by atoms with Crippen molar-refractivity contribution in [3.05, 3.63) is 24.0 Å². The number of nitrogens with two attached hydrogens (primary N) is 1. The zero-order chi connectivity index (χ0) is 12.2. The van der Waals surface area contributed by atoms with Crippen LogP contribution in [0, 0.1) is 0 Å². The molecule has 16 heavy (non-hydrogen) atoms. The van der Waals surface area contributed by atoms with E-state index in [4.69, 9.17) is 5.73 Å². The van der Waals surface area contributed by atoms with Crippen molar-refractivity contribution in [3.8, 4) is 0 Å². The number of hydrogen-bond acceptors (Lipinski definition) is 5. The summed E-state index contributed by atoms with van der Waals surface area (Å²) in [6.45, 7) is 1.50. The first kappa shape index (κ1) is 12.9. The number of hydrogen-bond donors (Lipinski definition) is 2. The highest BCUT2D eigenvalue weighted by Crippen LogP contribution is 2.00. The SMILES string of the molecule is CC(C(N)=S)S(=O)(=O)NCc1cccnn1. The summed E-state index contributed by atoms with van der Waals surface area (Å²) in [6, 6.07) is 3.34. The largest absolute Gasteiger partial charge is 0.392 e. The third-order valence-electron chi connectivity index (χ3n) is 1.95. The molecule has 1 unspecified atom stereocenters. The lowest BCUT2D eigenvalue weighted by molar-refractivity contribution is 0.577. The van der Waals surface area contributed by atoms with Gasteiger partial charge in [0.25, 0.3) is 0 Å². The molecule has 1 rings (SSSR count). The number of nitrogens with zero attached hydrogens (tertiary/aromatic N) is 2. The Morgan fingerprint density at radius 3 is 2.88 bits per heavy atom. The van der Waals surface area contributed by atoms with Crippen LogP contribution in [0.3, 0.4) is 0 Å². The monoisotopic (exact) mass is 260 g/mol. The van der Waals surface area contributed by atoms with Crippen LogP contribution in [-0.4, -0.2) is 28.9 Å². The van der Waals surface area contributed by atoms with Crippen LogP contribution in [-0.2, 0) is 16.6 Å². The molecule has 0 aliphatic carbocycles. The van der Waals surface area contributed by atoms with Crippen molar-refractivity contribution in [2.75, 3.05) is 0 Å². The maximum Gasteiger partial charge on any atom is 0.221 e. The first-order chi connectivity index (χ1) is 7.43. The fourth-order valence-electron chi connectivity index (χ4n) is 0.880. The number of thiocarbonyl (C=S) groups is 1. The lowest BCUT2D eigenvalue weighted by atomic mass is 10.4. The van der Waals surface area contributed by atoms with Gasteiger partial charge in [-0.05, 0) is 19.1 Å². The van der Waals surface area contributed by atoms with E-state index in [-0.39, 0.29) is 11.5 Å². The van der Waals surface area contributed by atoms with Gasteiger partial charge in [0, 0.05) is 6.20 Å². The van der Waals surface area contributed by atoms with Crippen molar-refractivity contribution in [2.45, 2.75) is 18.7 Å². The molecule has 0 saturated heterocycles. The van der Waals surface area contributed by atoms with E-state index in [1.807, 2.05) is 0 Å². The normalized spacial score (nSPS) is 13.3. The summed E-state index contributed by atoms with van der Waals surface area (Å²) >= 11 is 4.63. The molecule has 0 aromatic carbocycles. The van der Waals surface area contributed by atoms with Crippen LogP contribution < -0.4 is 10.5 Å². The summed E-state index contributed by atoms with van der Waals surface area (Å²) < 4.78 is 25.6. The van der Waals surface area contributed by atoms with Crippen LogP contribution in [0.2, 0.25) is 0 Å². The van der Waals surface area contributed by atoms with Crippen molar-refractivity contribution in [1.29, 1.82) is 0 Å². The molecule has 1 atom stereocenters. The number of aromatic nitrogens is 2. The van der Waals surface area contributed by atoms with Gasteiger partial charge in [-0.3, -0.25) is 0 Å². The summed E-state index contributed by atoms with van der Waals surface area (Å²) in [5.74, 6) is 0. The van der Waals surface area contributed by atoms with E-state index in [9.17, 15) is 8.42 Å². The van der Waals surface area contributed by atoms with E-state index in [1.165, 1.54) is 13.1 Å². The molecule has 0 aliphatic rings. The van der Waals surface area contributed by atoms with Gasteiger partial charge in [-0.2, -0.15) is 10.2 Å². The Bertz CT molecular complexity index is 460. The first-order valence-corrected chi connectivity index (χ1v) is 6.43. The highest BCUT2D eigenvalue weighted by atomic mass is 32.2. The Morgan fingerprint density at radius 2 is 2.38 bits per heavy atom. The van der Waals surface area contributed by atoms with Crippen molar-refractivity contribution >= 4 is 27.2 Å². The van der Waals surface area contributed by atoms with Gasteiger partial charge < -0.3 is 5.73 Å². The van der Waals surface area contributed by atoms with Gasteiger partial charge in [0.2, 0.25) is 10.0 Å². The van der Waals surface area contributed by atoms with E-state index in [0.717, 1.165) is 0 Å². The summed E-state index contributed by atoms with van der Waals surface area (Å²) in [4.78, 5) is -0.0633. The van der Waals surface area contributed by atoms with Gasteiger partial charge in [-0.25, -0.2) is 13.1 Å². The summed E-state index contributed by atoms with van der Waals surface area (Å²) in [5, 5.41) is 6.47. The predicted octanol–water partition coefficient (Wildman–Crippen LogP) is -0.429. The smallest absolute Gasteiger partial charge is 0.221 e. The highest BCUT2D eigenvalue weighted by molar-refractivity contribution is 7.93. The number of rotatable bonds is 5. The van der Waals surface area contributed by atoms with Crippen LogP contribution in [0.25, 0.3) is 0 Å². The maximum atomic E-state index is 11.6. The Hall–Kier alpha value is -1.12. The second kappa shape index (κ2) is 5.28. The van der Waals surface area contributed by atoms with Crippen LogP contribution in [0.4, 0.5) is 0 Å². The average Bonchev–Trinajstić information content (AvgIpc) is 2.27. The lowest BCUT2D eigenvalue weighted by Gasteiger charge is -2.11. The molecule has 1 heterocycles. The standard InChI is InChI=1S/C8H12N4O2S2/c1-6(8(9)15)16(13,14)11-5-7-3-2-4-10-12-7/h2-4,6,11H,5H2,1H3,(H2,9,15). The van der Waals surface area contributed by atoms with Gasteiger partial charge in [-0.1, -0.05) is 12.2 Å². The zero-order valence-corrected chi connectivity index (χ0v) is 10.3. The fourth-order valence-corrected chi connectivity index (χ4v) is 2.17. The third-order valence-corrected chi connectivity index (χ3v) is 4.18. The fraction of sp³-hybridized carbons (Fsp3) is 0.375. The summed E-state index contributed by atoms with van der Waals surface area (Å²) in [7, 11) is -3.54. The van der Waals surface area contributed by atoms with E-state index < -0.39 is 15.3 Å². The molecule has 0 fully saturated rings. The minimum Gasteiger partial charge on any atom is -0.392 e. The Balaban J connectivity index is 2.65. The second-order valence-corrected chi connectivity index (χ2v) is 5.68. The van der Waals surface area contributed by atoms with Gasteiger partial charge in [0.1, 0.15) is 5.25 Å². The highest BCUT2D eigenvalue weighted by Gasteiger charge is 2.22. The van der Waals surface area contributed by atoms with E-state index in [2.05, 4.69) is 27.1 Å². The third kappa shape index (κ3) is 3.47. The molecule has 0 bridgehead atoms. The quantitative estimate of drug-likeness (QED) is 0.697. The van der Waals surface area contributed by atoms with Gasteiger partial charge >= 0.3 is 0 Å². The summed E-state index contributed by atoms with van der Waals surface area (Å²) in [5.41, 5.74) is 5.80. The Labute approximate surface area is 99.3 Å². The molecule has 0 amide bonds. The van der Waals surface area contributed by atoms with E-state index in [0.29, 0.717) is 5.69 Å². The Morgan fingerprint density at radius 1 is 1.69 bits per heavy atom. The molecule has 3 N–H and O–H groups in total. The van der Waals surface area contributed by atoms with Crippen molar-refractivity contribution in [2.24, 2.45) is 5.73 Å². The van der Waals surface area contributed by atoms with E-state index >= 15 is 0 Å². The first-order valence-electron chi connectivity index (χ1n) is 4.48. The minimum atomic E-state index is -3.54. The number of nitrogens with one attached hydrogen (secondary N) is 1. The molecule has 1 aromatic rings. The average molecular weight is 260 g/mol. The molecule has 0 radical (unpaired) electrons. The number of sulfonamides is 1. The Kier molecular flexibility index (Phi) is 4.27. The zero-order valence-electron chi connectivity index (χ0n) is 8.62. The molecular formula is C8H12N4O2S2. The van der Waals surface area contributed by atoms with Crippen LogP contribution in [0.15, 0.2) is 18.3 Å². The summed E-state index contributed by atoms with van der Waals surface area (Å²) in [6.07, 6.45) is 1.51. The maximum absolute atomic E-state index is 11.6. The van der Waals surface area contributed by atoms with Crippen molar-refractivity contribution in [1.82, 2.24) is 14.9 Å². The molecular weight excluding hydrogens is 248 g/mol.